The molecule has 0 amide bonds. The topological polar surface area (TPSA) is 91.6 Å². The summed E-state index contributed by atoms with van der Waals surface area (Å²) in [5.41, 5.74) is 1.07. The van der Waals surface area contributed by atoms with Crippen molar-refractivity contribution in [1.29, 1.82) is 0 Å². The Hall–Kier alpha value is -2.96. The molecule has 0 aliphatic rings. The minimum atomic E-state index is -0.665. The van der Waals surface area contributed by atoms with Crippen LogP contribution in [0.3, 0.4) is 0 Å². The summed E-state index contributed by atoms with van der Waals surface area (Å²) in [5.74, 6) is -1.03. The van der Waals surface area contributed by atoms with E-state index in [0.29, 0.717) is 12.1 Å². The molecule has 0 saturated carbocycles. The van der Waals surface area contributed by atoms with Gasteiger partial charge in [0.1, 0.15) is 12.1 Å². The van der Waals surface area contributed by atoms with Crippen LogP contribution >= 0.6 is 0 Å². The summed E-state index contributed by atoms with van der Waals surface area (Å²) in [5, 5.41) is 11.0. The number of methoxy groups -OCH3 is 1. The Bertz CT molecular complexity index is 718. The third-order valence-electron chi connectivity index (χ3n) is 3.49. The van der Waals surface area contributed by atoms with Gasteiger partial charge in [-0.25, -0.2) is 0 Å². The molecule has 1 aromatic heterocycles. The lowest BCUT2D eigenvalue weighted by Crippen LogP contribution is -2.19. The van der Waals surface area contributed by atoms with Gasteiger partial charge in [-0.15, -0.1) is 0 Å². The van der Waals surface area contributed by atoms with E-state index >= 15 is 0 Å². The maximum absolute atomic E-state index is 12.3. The molecule has 0 saturated heterocycles. The van der Waals surface area contributed by atoms with E-state index in [4.69, 9.17) is 9.47 Å². The van der Waals surface area contributed by atoms with Crippen LogP contribution in [0, 0.1) is 10.1 Å². The van der Waals surface area contributed by atoms with Gasteiger partial charge in [0.2, 0.25) is 0 Å². The third-order valence-corrected chi connectivity index (χ3v) is 3.49. The van der Waals surface area contributed by atoms with Crippen molar-refractivity contribution in [2.75, 3.05) is 13.7 Å². The summed E-state index contributed by atoms with van der Waals surface area (Å²) in [4.78, 5) is 26.8. The maximum Gasteiger partial charge on any atom is 0.329 e. The van der Waals surface area contributed by atoms with Crippen molar-refractivity contribution in [3.05, 3.63) is 64.0 Å². The van der Waals surface area contributed by atoms with Crippen molar-refractivity contribution in [3.8, 4) is 5.75 Å². The second-order valence-corrected chi connectivity index (χ2v) is 5.03. The van der Waals surface area contributed by atoms with E-state index < -0.39 is 16.8 Å². The van der Waals surface area contributed by atoms with Crippen molar-refractivity contribution in [3.63, 3.8) is 0 Å². The van der Waals surface area contributed by atoms with Crippen molar-refractivity contribution in [2.45, 2.75) is 19.3 Å². The number of carbonyl (C=O) groups is 1. The van der Waals surface area contributed by atoms with Crippen LogP contribution in [-0.4, -0.2) is 29.6 Å². The Morgan fingerprint density at radius 1 is 1.33 bits per heavy atom. The fraction of sp³-hybridized carbons (Fsp3) is 0.294. The Kier molecular flexibility index (Phi) is 5.83. The largest absolute Gasteiger partial charge is 0.490 e. The van der Waals surface area contributed by atoms with Crippen LogP contribution < -0.4 is 4.74 Å². The van der Waals surface area contributed by atoms with Crippen LogP contribution in [-0.2, 0) is 16.0 Å². The molecule has 0 spiro atoms. The molecule has 2 rings (SSSR count). The summed E-state index contributed by atoms with van der Waals surface area (Å²) in [6.45, 7) is 1.97. The number of nitrogens with zero attached hydrogens (tertiary/aromatic N) is 2. The highest BCUT2D eigenvalue weighted by Gasteiger charge is 2.27. The highest BCUT2D eigenvalue weighted by molar-refractivity contribution is 5.78. The Morgan fingerprint density at radius 3 is 2.62 bits per heavy atom. The maximum atomic E-state index is 12.3. The Balaban J connectivity index is 2.39. The van der Waals surface area contributed by atoms with Crippen LogP contribution in [0.4, 0.5) is 5.69 Å². The lowest BCUT2D eigenvalue weighted by molar-refractivity contribution is -0.386. The molecule has 0 radical (unpaired) electrons. The first-order valence-electron chi connectivity index (χ1n) is 7.45. The number of esters is 1. The average Bonchev–Trinajstić information content (AvgIpc) is 2.60. The predicted octanol–water partition coefficient (Wildman–Crippen LogP) is 2.89. The summed E-state index contributed by atoms with van der Waals surface area (Å²) in [6, 6.07) is 10.9. The van der Waals surface area contributed by atoms with Gasteiger partial charge in [-0.3, -0.25) is 19.9 Å². The molecule has 1 aromatic carbocycles. The number of nitro groups is 1. The van der Waals surface area contributed by atoms with E-state index in [9.17, 15) is 14.9 Å². The monoisotopic (exact) mass is 330 g/mol. The summed E-state index contributed by atoms with van der Waals surface area (Å²) in [7, 11) is 1.34. The highest BCUT2D eigenvalue weighted by atomic mass is 16.6. The number of pyridine rings is 1. The highest BCUT2D eigenvalue weighted by Crippen LogP contribution is 2.30. The SMILES string of the molecule is CCOC(=O)C(Cc1ccccc1)c1cc(OC)c([N+](=O)[O-])cn1. The first-order valence-corrected chi connectivity index (χ1v) is 7.45. The molecule has 0 fully saturated rings. The molecule has 0 bridgehead atoms. The zero-order valence-electron chi connectivity index (χ0n) is 13.5. The van der Waals surface area contributed by atoms with E-state index in [-0.39, 0.29) is 18.0 Å². The van der Waals surface area contributed by atoms with Crippen molar-refractivity contribution < 1.29 is 19.2 Å². The van der Waals surface area contributed by atoms with E-state index in [1.807, 2.05) is 30.3 Å². The van der Waals surface area contributed by atoms with Gasteiger partial charge >= 0.3 is 11.7 Å². The average molecular weight is 330 g/mol. The number of hydrogen-bond donors (Lipinski definition) is 0. The van der Waals surface area contributed by atoms with Gasteiger partial charge in [-0.1, -0.05) is 30.3 Å². The molecule has 0 aliphatic heterocycles. The molecule has 126 valence electrons. The van der Waals surface area contributed by atoms with Crippen LogP contribution in [0.5, 0.6) is 5.75 Å². The van der Waals surface area contributed by atoms with Crippen LogP contribution in [0.2, 0.25) is 0 Å². The van der Waals surface area contributed by atoms with Gasteiger partial charge in [-0.05, 0) is 18.9 Å². The van der Waals surface area contributed by atoms with E-state index in [1.54, 1.807) is 6.92 Å². The second kappa shape index (κ2) is 8.05. The summed E-state index contributed by atoms with van der Waals surface area (Å²) < 4.78 is 10.2. The second-order valence-electron chi connectivity index (χ2n) is 5.03. The van der Waals surface area contributed by atoms with Crippen molar-refractivity contribution in [1.82, 2.24) is 4.98 Å². The number of ether oxygens (including phenoxy) is 2. The minimum absolute atomic E-state index is 0.0624. The standard InChI is InChI=1S/C17H18N2O5/c1-3-24-17(20)13(9-12-7-5-4-6-8-12)14-10-16(23-2)15(11-18-14)19(21)22/h4-8,10-11,13H,3,9H2,1-2H3. The minimum Gasteiger partial charge on any atom is -0.490 e. The lowest BCUT2D eigenvalue weighted by atomic mass is 9.95. The van der Waals surface area contributed by atoms with Gasteiger partial charge in [-0.2, -0.15) is 0 Å². The molecule has 1 unspecified atom stereocenters. The number of aromatic nitrogens is 1. The smallest absolute Gasteiger partial charge is 0.329 e. The molecule has 7 heteroatoms. The molecular formula is C17H18N2O5. The first-order chi connectivity index (χ1) is 11.6. The number of hydrogen-bond acceptors (Lipinski definition) is 6. The lowest BCUT2D eigenvalue weighted by Gasteiger charge is -2.16. The molecule has 24 heavy (non-hydrogen) atoms. The molecule has 0 N–H and O–H groups in total. The number of carbonyl (C=O) groups excluding carboxylic acids is 1. The normalized spacial score (nSPS) is 11.6. The summed E-state index contributed by atoms with van der Waals surface area (Å²) >= 11 is 0. The fourth-order valence-corrected chi connectivity index (χ4v) is 2.34. The van der Waals surface area contributed by atoms with Crippen LogP contribution in [0.15, 0.2) is 42.6 Å². The number of benzene rings is 1. The van der Waals surface area contributed by atoms with Gasteiger partial charge in [0, 0.05) is 6.07 Å². The van der Waals surface area contributed by atoms with Crippen LogP contribution in [0.1, 0.15) is 24.1 Å². The van der Waals surface area contributed by atoms with E-state index in [1.165, 1.54) is 13.2 Å². The fourth-order valence-electron chi connectivity index (χ4n) is 2.34. The van der Waals surface area contributed by atoms with Crippen LogP contribution in [0.25, 0.3) is 0 Å². The van der Waals surface area contributed by atoms with Gasteiger partial charge < -0.3 is 9.47 Å². The molecule has 2 aromatic rings. The zero-order chi connectivity index (χ0) is 17.5. The third kappa shape index (κ3) is 4.07. The molecule has 7 nitrogen and oxygen atoms in total. The molecule has 0 aliphatic carbocycles. The predicted molar refractivity (Wildman–Crippen MR) is 87.0 cm³/mol. The van der Waals surface area contributed by atoms with E-state index in [0.717, 1.165) is 11.8 Å². The van der Waals surface area contributed by atoms with E-state index in [2.05, 4.69) is 4.98 Å². The van der Waals surface area contributed by atoms with Crippen molar-refractivity contribution in [2.24, 2.45) is 0 Å². The number of rotatable bonds is 7. The quantitative estimate of drug-likeness (QED) is 0.440. The molecular weight excluding hydrogens is 312 g/mol. The Labute approximate surface area is 139 Å². The van der Waals surface area contributed by atoms with Gasteiger partial charge in [0.15, 0.2) is 5.75 Å². The van der Waals surface area contributed by atoms with Gasteiger partial charge in [0.25, 0.3) is 0 Å². The summed E-state index contributed by atoms with van der Waals surface area (Å²) in [6.07, 6.45) is 1.49. The van der Waals surface area contributed by atoms with Crippen molar-refractivity contribution >= 4 is 11.7 Å². The van der Waals surface area contributed by atoms with Gasteiger partial charge in [0.05, 0.1) is 24.3 Å². The first kappa shape index (κ1) is 17.4. The molecule has 1 atom stereocenters. The zero-order valence-corrected chi connectivity index (χ0v) is 13.5. The Morgan fingerprint density at radius 2 is 2.04 bits per heavy atom. The molecule has 1 heterocycles.